The summed E-state index contributed by atoms with van der Waals surface area (Å²) in [6.45, 7) is 4.42. The molecule has 1 aromatic carbocycles. The SMILES string of the molecule is CCCC(C)n1c(=S)[nH]c2ccc(-n3ccnc3)cc21. The maximum Gasteiger partial charge on any atom is 0.178 e. The molecule has 2 heterocycles. The first-order valence-corrected chi connectivity index (χ1v) is 7.34. The number of rotatable bonds is 4. The zero-order chi connectivity index (χ0) is 14.1. The van der Waals surface area contributed by atoms with Crippen molar-refractivity contribution in [3.05, 3.63) is 41.7 Å². The van der Waals surface area contributed by atoms with Crippen LogP contribution in [-0.2, 0) is 0 Å². The number of hydrogen-bond donors (Lipinski definition) is 1. The molecule has 0 saturated carbocycles. The van der Waals surface area contributed by atoms with Gasteiger partial charge < -0.3 is 14.1 Å². The molecule has 0 aliphatic carbocycles. The fraction of sp³-hybridized carbons (Fsp3) is 0.333. The minimum absolute atomic E-state index is 0.402. The van der Waals surface area contributed by atoms with Crippen LogP contribution in [-0.4, -0.2) is 19.1 Å². The average molecular weight is 286 g/mol. The minimum Gasteiger partial charge on any atom is -0.331 e. The second kappa shape index (κ2) is 5.25. The number of nitrogens with zero attached hydrogens (tertiary/aromatic N) is 3. The summed E-state index contributed by atoms with van der Waals surface area (Å²) in [5.74, 6) is 0. The van der Waals surface area contributed by atoms with Gasteiger partial charge in [0.05, 0.1) is 17.4 Å². The van der Waals surface area contributed by atoms with Crippen LogP contribution in [0.2, 0.25) is 0 Å². The number of aromatic amines is 1. The Morgan fingerprint density at radius 1 is 1.40 bits per heavy atom. The van der Waals surface area contributed by atoms with Crippen LogP contribution in [0.1, 0.15) is 32.7 Å². The van der Waals surface area contributed by atoms with Gasteiger partial charge in [0.15, 0.2) is 4.77 Å². The highest BCUT2D eigenvalue weighted by molar-refractivity contribution is 7.71. The lowest BCUT2D eigenvalue weighted by molar-refractivity contribution is 0.507. The first-order valence-electron chi connectivity index (χ1n) is 6.93. The smallest absolute Gasteiger partial charge is 0.178 e. The minimum atomic E-state index is 0.402. The second-order valence-electron chi connectivity index (χ2n) is 5.11. The third-order valence-electron chi connectivity index (χ3n) is 3.65. The highest BCUT2D eigenvalue weighted by Crippen LogP contribution is 2.24. The van der Waals surface area contributed by atoms with Gasteiger partial charge in [-0.15, -0.1) is 0 Å². The molecule has 3 aromatic rings. The van der Waals surface area contributed by atoms with Gasteiger partial charge in [0.2, 0.25) is 0 Å². The number of benzene rings is 1. The van der Waals surface area contributed by atoms with E-state index in [1.807, 2.05) is 17.1 Å². The molecule has 5 heteroatoms. The summed E-state index contributed by atoms with van der Waals surface area (Å²) in [6, 6.07) is 6.72. The van der Waals surface area contributed by atoms with E-state index in [2.05, 4.69) is 46.6 Å². The van der Waals surface area contributed by atoms with Crippen molar-refractivity contribution < 1.29 is 0 Å². The number of imidazole rings is 2. The van der Waals surface area contributed by atoms with E-state index in [9.17, 15) is 0 Å². The van der Waals surface area contributed by atoms with Crippen molar-refractivity contribution in [1.82, 2.24) is 19.1 Å². The first kappa shape index (κ1) is 13.1. The summed E-state index contributed by atoms with van der Waals surface area (Å²) in [5, 5.41) is 0. The summed E-state index contributed by atoms with van der Waals surface area (Å²) in [4.78, 5) is 7.39. The fourth-order valence-electron chi connectivity index (χ4n) is 2.67. The third kappa shape index (κ3) is 2.18. The van der Waals surface area contributed by atoms with Crippen molar-refractivity contribution in [2.24, 2.45) is 0 Å². The van der Waals surface area contributed by atoms with Gasteiger partial charge in [-0.1, -0.05) is 13.3 Å². The number of hydrogen-bond acceptors (Lipinski definition) is 2. The van der Waals surface area contributed by atoms with Crippen LogP contribution >= 0.6 is 12.2 Å². The third-order valence-corrected chi connectivity index (χ3v) is 3.95. The van der Waals surface area contributed by atoms with Gasteiger partial charge in [0.1, 0.15) is 0 Å². The van der Waals surface area contributed by atoms with Crippen LogP contribution in [0, 0.1) is 4.77 Å². The van der Waals surface area contributed by atoms with E-state index in [1.165, 1.54) is 0 Å². The monoisotopic (exact) mass is 286 g/mol. The molecule has 0 aliphatic rings. The van der Waals surface area contributed by atoms with Crippen molar-refractivity contribution in [3.8, 4) is 5.69 Å². The van der Waals surface area contributed by atoms with Crippen molar-refractivity contribution in [2.75, 3.05) is 0 Å². The van der Waals surface area contributed by atoms with Crippen LogP contribution < -0.4 is 0 Å². The van der Waals surface area contributed by atoms with Crippen molar-refractivity contribution >= 4 is 23.3 Å². The standard InChI is InChI=1S/C15H18N4S/c1-3-4-11(2)19-14-9-12(18-8-7-16-10-18)5-6-13(14)17-15(19)20/h5-11H,3-4H2,1-2H3,(H,17,20). The summed E-state index contributed by atoms with van der Waals surface area (Å²) in [7, 11) is 0. The lowest BCUT2D eigenvalue weighted by Gasteiger charge is -2.14. The Labute approximate surface area is 123 Å². The molecular formula is C15H18N4S. The molecule has 3 rings (SSSR count). The summed E-state index contributed by atoms with van der Waals surface area (Å²) < 4.78 is 5.02. The van der Waals surface area contributed by atoms with Crippen LogP contribution in [0.4, 0.5) is 0 Å². The molecule has 1 atom stereocenters. The van der Waals surface area contributed by atoms with Crippen LogP contribution in [0.3, 0.4) is 0 Å². The summed E-state index contributed by atoms with van der Waals surface area (Å²) >= 11 is 5.47. The van der Waals surface area contributed by atoms with Crippen LogP contribution in [0.15, 0.2) is 36.9 Å². The normalized spacial score (nSPS) is 12.9. The van der Waals surface area contributed by atoms with Gasteiger partial charge in [0, 0.05) is 24.1 Å². The molecule has 0 bridgehead atoms. The average Bonchev–Trinajstić information content (AvgIpc) is 3.04. The van der Waals surface area contributed by atoms with Gasteiger partial charge in [-0.25, -0.2) is 4.98 Å². The Balaban J connectivity index is 2.17. The lowest BCUT2D eigenvalue weighted by Crippen LogP contribution is -2.04. The van der Waals surface area contributed by atoms with Gasteiger partial charge in [-0.05, 0) is 43.8 Å². The zero-order valence-electron chi connectivity index (χ0n) is 11.7. The molecular weight excluding hydrogens is 268 g/mol. The highest BCUT2D eigenvalue weighted by Gasteiger charge is 2.11. The number of aromatic nitrogens is 4. The summed E-state index contributed by atoms with van der Waals surface area (Å²) in [5.41, 5.74) is 3.34. The molecule has 0 radical (unpaired) electrons. The number of nitrogens with one attached hydrogen (secondary N) is 1. The van der Waals surface area contributed by atoms with E-state index in [0.29, 0.717) is 6.04 Å². The molecule has 20 heavy (non-hydrogen) atoms. The maximum atomic E-state index is 5.47. The second-order valence-corrected chi connectivity index (χ2v) is 5.50. The Morgan fingerprint density at radius 2 is 2.25 bits per heavy atom. The quantitative estimate of drug-likeness (QED) is 0.728. The van der Waals surface area contributed by atoms with Crippen molar-refractivity contribution in [2.45, 2.75) is 32.7 Å². The van der Waals surface area contributed by atoms with E-state index < -0.39 is 0 Å². The predicted octanol–water partition coefficient (Wildman–Crippen LogP) is 4.25. The molecule has 104 valence electrons. The van der Waals surface area contributed by atoms with E-state index >= 15 is 0 Å². The van der Waals surface area contributed by atoms with E-state index in [0.717, 1.165) is 34.3 Å². The zero-order valence-corrected chi connectivity index (χ0v) is 12.5. The van der Waals surface area contributed by atoms with E-state index in [4.69, 9.17) is 12.2 Å². The van der Waals surface area contributed by atoms with Gasteiger partial charge in [-0.2, -0.15) is 0 Å². The lowest BCUT2D eigenvalue weighted by atomic mass is 10.2. The highest BCUT2D eigenvalue weighted by atomic mass is 32.1. The van der Waals surface area contributed by atoms with Crippen molar-refractivity contribution in [3.63, 3.8) is 0 Å². The largest absolute Gasteiger partial charge is 0.331 e. The Bertz CT molecular complexity index is 767. The predicted molar refractivity (Wildman–Crippen MR) is 83.9 cm³/mol. The number of H-pyrrole nitrogens is 1. The molecule has 1 N–H and O–H groups in total. The Hall–Kier alpha value is -1.88. The van der Waals surface area contributed by atoms with Crippen molar-refractivity contribution in [1.29, 1.82) is 0 Å². The van der Waals surface area contributed by atoms with Gasteiger partial charge in [0.25, 0.3) is 0 Å². The molecule has 2 aromatic heterocycles. The maximum absolute atomic E-state index is 5.47. The first-order chi connectivity index (χ1) is 9.70. The molecule has 0 spiro atoms. The Morgan fingerprint density at radius 3 is 2.95 bits per heavy atom. The van der Waals surface area contributed by atoms with Crippen LogP contribution in [0.5, 0.6) is 0 Å². The van der Waals surface area contributed by atoms with Gasteiger partial charge >= 0.3 is 0 Å². The molecule has 0 fully saturated rings. The van der Waals surface area contributed by atoms with E-state index in [1.54, 1.807) is 6.20 Å². The van der Waals surface area contributed by atoms with E-state index in [-0.39, 0.29) is 0 Å². The number of fused-ring (bicyclic) bond motifs is 1. The molecule has 0 aliphatic heterocycles. The topological polar surface area (TPSA) is 38.5 Å². The molecule has 4 nitrogen and oxygen atoms in total. The summed E-state index contributed by atoms with van der Waals surface area (Å²) in [6.07, 6.45) is 7.81. The van der Waals surface area contributed by atoms with Gasteiger partial charge in [-0.3, -0.25) is 0 Å². The van der Waals surface area contributed by atoms with Crippen LogP contribution in [0.25, 0.3) is 16.7 Å². The molecule has 0 amide bonds. The Kier molecular flexibility index (Phi) is 3.44. The molecule has 0 saturated heterocycles. The fourth-order valence-corrected chi connectivity index (χ4v) is 3.06. The molecule has 1 unspecified atom stereocenters.